The third kappa shape index (κ3) is 45.0. The van der Waals surface area contributed by atoms with Gasteiger partial charge in [-0.2, -0.15) is 0 Å². The average Bonchev–Trinajstić information content (AvgIpc) is 3.20. The number of phosphoric ester groups is 1. The van der Waals surface area contributed by atoms with Crippen molar-refractivity contribution < 1.29 is 42.1 Å². The van der Waals surface area contributed by atoms with Gasteiger partial charge in [0.15, 0.2) is 6.10 Å². The summed E-state index contributed by atoms with van der Waals surface area (Å²) in [5.74, 6) is -1.16. The Balaban J connectivity index is 4.51. The number of hydrogen-bond acceptors (Lipinski definition) is 8. The van der Waals surface area contributed by atoms with Crippen molar-refractivity contribution in [2.24, 2.45) is 0 Å². The van der Waals surface area contributed by atoms with Gasteiger partial charge in [-0.1, -0.05) is 183 Å². The van der Waals surface area contributed by atoms with E-state index in [-0.39, 0.29) is 19.6 Å². The van der Waals surface area contributed by atoms with Crippen LogP contribution in [0.2, 0.25) is 0 Å². The number of hydrogen-bond donors (Lipinski definition) is 0. The number of esters is 2. The molecule has 2 atom stereocenters. The molecule has 10 heteroatoms. The molecule has 0 fully saturated rings. The molecule has 346 valence electrons. The minimum Gasteiger partial charge on any atom is -0.756 e. The molecule has 0 aliphatic rings. The standard InChI is InChI=1S/C50H88NO8P/c1-6-8-10-12-14-16-18-20-22-23-24-25-26-27-29-31-33-35-37-39-41-43-50(53)59-48(47-58-60(54,55)57-45-44-51(3,4)5)46-56-49(52)42-40-38-36-34-32-30-28-21-19-17-15-13-11-9-7-2/h22-23,25-26,29,31,35-38,40,42,48H,6-21,24,27-28,30,32-34,39,41,43-47H2,1-5H3/b23-22+,26-25+,31-29+,37-35+,38-36+,42-40+/t48-/m1/s1. The predicted molar refractivity (Wildman–Crippen MR) is 249 cm³/mol. The van der Waals surface area contributed by atoms with Gasteiger partial charge in [-0.25, -0.2) is 4.79 Å². The first-order valence-corrected chi connectivity index (χ1v) is 25.1. The van der Waals surface area contributed by atoms with Crippen molar-refractivity contribution in [1.29, 1.82) is 0 Å². The van der Waals surface area contributed by atoms with Gasteiger partial charge in [0.25, 0.3) is 7.82 Å². The lowest BCUT2D eigenvalue weighted by molar-refractivity contribution is -0.870. The summed E-state index contributed by atoms with van der Waals surface area (Å²) in [6.45, 7) is 4.02. The zero-order valence-corrected chi connectivity index (χ0v) is 39.8. The molecule has 0 spiro atoms. The molecule has 0 heterocycles. The fourth-order valence-electron chi connectivity index (χ4n) is 6.09. The van der Waals surface area contributed by atoms with Crippen LogP contribution < -0.4 is 4.89 Å². The lowest BCUT2D eigenvalue weighted by Crippen LogP contribution is -2.37. The first-order valence-electron chi connectivity index (χ1n) is 23.7. The summed E-state index contributed by atoms with van der Waals surface area (Å²) in [4.78, 5) is 37.4. The van der Waals surface area contributed by atoms with E-state index in [2.05, 4.69) is 56.4 Å². The molecule has 0 radical (unpaired) electrons. The van der Waals surface area contributed by atoms with Crippen molar-refractivity contribution in [1.82, 2.24) is 0 Å². The maximum absolute atomic E-state index is 12.7. The Morgan fingerprint density at radius 3 is 1.52 bits per heavy atom. The zero-order valence-electron chi connectivity index (χ0n) is 38.9. The van der Waals surface area contributed by atoms with E-state index in [9.17, 15) is 19.0 Å². The van der Waals surface area contributed by atoms with Crippen LogP contribution in [0.3, 0.4) is 0 Å². The maximum atomic E-state index is 12.7. The second-order valence-electron chi connectivity index (χ2n) is 16.8. The zero-order chi connectivity index (χ0) is 44.3. The second kappa shape index (κ2) is 41.8. The molecule has 0 saturated heterocycles. The molecule has 0 aliphatic carbocycles. The Morgan fingerprint density at radius 2 is 1.02 bits per heavy atom. The van der Waals surface area contributed by atoms with E-state index in [4.69, 9.17) is 18.5 Å². The number of carbonyl (C=O) groups excluding carboxylic acids is 2. The van der Waals surface area contributed by atoms with E-state index in [1.54, 1.807) is 6.08 Å². The number of quaternary nitrogens is 1. The summed E-state index contributed by atoms with van der Waals surface area (Å²) in [7, 11) is 1.08. The van der Waals surface area contributed by atoms with Crippen LogP contribution in [0.5, 0.6) is 0 Å². The van der Waals surface area contributed by atoms with Crippen LogP contribution in [-0.4, -0.2) is 70.0 Å². The normalized spacial score (nSPS) is 14.2. The Kier molecular flexibility index (Phi) is 40.0. The highest BCUT2D eigenvalue weighted by Gasteiger charge is 2.21. The molecule has 0 aliphatic heterocycles. The molecular weight excluding hydrogens is 774 g/mol. The largest absolute Gasteiger partial charge is 0.756 e. The molecule has 0 rings (SSSR count). The molecular formula is C50H88NO8P. The lowest BCUT2D eigenvalue weighted by Gasteiger charge is -2.28. The second-order valence-corrected chi connectivity index (χ2v) is 18.2. The molecule has 0 amide bonds. The minimum atomic E-state index is -4.66. The van der Waals surface area contributed by atoms with Crippen LogP contribution in [0.1, 0.15) is 181 Å². The average molecular weight is 862 g/mol. The number of likely N-dealkylation sites (N-methyl/N-ethyl adjacent to an activating group) is 1. The summed E-state index contributed by atoms with van der Waals surface area (Å²) in [6, 6.07) is 0. The van der Waals surface area contributed by atoms with Gasteiger partial charge in [-0.3, -0.25) is 9.36 Å². The van der Waals surface area contributed by atoms with Crippen molar-refractivity contribution in [2.75, 3.05) is 47.5 Å². The van der Waals surface area contributed by atoms with E-state index >= 15 is 0 Å². The number of ether oxygens (including phenoxy) is 2. The van der Waals surface area contributed by atoms with Gasteiger partial charge in [0.05, 0.1) is 27.7 Å². The summed E-state index contributed by atoms with van der Waals surface area (Å²) >= 11 is 0. The van der Waals surface area contributed by atoms with E-state index in [1.165, 1.54) is 122 Å². The predicted octanol–water partition coefficient (Wildman–Crippen LogP) is 13.2. The van der Waals surface area contributed by atoms with E-state index in [1.807, 2.05) is 39.4 Å². The number of nitrogens with zero attached hydrogens (tertiary/aromatic N) is 1. The van der Waals surface area contributed by atoms with Crippen molar-refractivity contribution >= 4 is 19.8 Å². The van der Waals surface area contributed by atoms with Crippen LogP contribution in [0.15, 0.2) is 72.9 Å². The van der Waals surface area contributed by atoms with E-state index in [0.29, 0.717) is 23.9 Å². The monoisotopic (exact) mass is 862 g/mol. The van der Waals surface area contributed by atoms with Crippen molar-refractivity contribution in [3.05, 3.63) is 72.9 Å². The Hall–Kier alpha value is -2.55. The number of unbranched alkanes of at least 4 members (excludes halogenated alkanes) is 19. The van der Waals surface area contributed by atoms with Gasteiger partial charge in [0.2, 0.25) is 0 Å². The van der Waals surface area contributed by atoms with Gasteiger partial charge in [0, 0.05) is 12.5 Å². The molecule has 0 bridgehead atoms. The van der Waals surface area contributed by atoms with Crippen LogP contribution in [0.4, 0.5) is 0 Å². The van der Waals surface area contributed by atoms with Crippen molar-refractivity contribution in [2.45, 2.75) is 187 Å². The maximum Gasteiger partial charge on any atom is 0.330 e. The molecule has 60 heavy (non-hydrogen) atoms. The van der Waals surface area contributed by atoms with Gasteiger partial charge in [-0.05, 0) is 57.8 Å². The number of rotatable bonds is 42. The quantitative estimate of drug-likeness (QED) is 0.0113. The lowest BCUT2D eigenvalue weighted by atomic mass is 10.1. The third-order valence-electron chi connectivity index (χ3n) is 9.80. The van der Waals surface area contributed by atoms with Crippen LogP contribution in [-0.2, 0) is 32.7 Å². The molecule has 0 N–H and O–H groups in total. The van der Waals surface area contributed by atoms with E-state index in [0.717, 1.165) is 32.1 Å². The van der Waals surface area contributed by atoms with Gasteiger partial charge in [0.1, 0.15) is 19.8 Å². The molecule has 0 aromatic rings. The van der Waals surface area contributed by atoms with Crippen molar-refractivity contribution in [3.63, 3.8) is 0 Å². The third-order valence-corrected chi connectivity index (χ3v) is 10.8. The summed E-state index contributed by atoms with van der Waals surface area (Å²) in [6.07, 6.45) is 52.9. The summed E-state index contributed by atoms with van der Waals surface area (Å²) in [5, 5.41) is 0. The molecule has 0 aromatic heterocycles. The van der Waals surface area contributed by atoms with Gasteiger partial charge < -0.3 is 27.9 Å². The molecule has 0 saturated carbocycles. The Morgan fingerprint density at radius 1 is 0.567 bits per heavy atom. The number of phosphoric acid groups is 1. The first kappa shape index (κ1) is 57.4. The Bertz CT molecular complexity index is 1250. The van der Waals surface area contributed by atoms with Crippen LogP contribution in [0.25, 0.3) is 0 Å². The van der Waals surface area contributed by atoms with Crippen LogP contribution in [0, 0.1) is 0 Å². The first-order chi connectivity index (χ1) is 29.0. The minimum absolute atomic E-state index is 0.0566. The SMILES string of the molecule is CCCCCCCCC/C=C/C/C=C/C/C=C/C/C=C/CCCC(=O)O[C@H](COC(=O)/C=C/C=C/CCCCCCCCCCCCC)COP(=O)([O-])OCC[N+](C)(C)C. The highest BCUT2D eigenvalue weighted by Crippen LogP contribution is 2.38. The van der Waals surface area contributed by atoms with Gasteiger partial charge in [-0.15, -0.1) is 0 Å². The number of carbonyl (C=O) groups is 2. The number of allylic oxidation sites excluding steroid dienone is 11. The molecule has 1 unspecified atom stereocenters. The fraction of sp³-hybridized carbons (Fsp3) is 0.720. The summed E-state index contributed by atoms with van der Waals surface area (Å²) < 4.78 is 33.7. The van der Waals surface area contributed by atoms with Gasteiger partial charge >= 0.3 is 11.9 Å². The topological polar surface area (TPSA) is 111 Å². The van der Waals surface area contributed by atoms with Crippen molar-refractivity contribution in [3.8, 4) is 0 Å². The highest BCUT2D eigenvalue weighted by molar-refractivity contribution is 7.45. The van der Waals surface area contributed by atoms with Crippen LogP contribution >= 0.6 is 7.82 Å². The molecule has 9 nitrogen and oxygen atoms in total. The molecule has 0 aromatic carbocycles. The summed E-state index contributed by atoms with van der Waals surface area (Å²) in [5.41, 5.74) is 0. The highest BCUT2D eigenvalue weighted by atomic mass is 31.2. The Labute approximate surface area is 368 Å². The smallest absolute Gasteiger partial charge is 0.330 e. The fourth-order valence-corrected chi connectivity index (χ4v) is 6.82. The van der Waals surface area contributed by atoms with E-state index < -0.39 is 32.5 Å².